The van der Waals surface area contributed by atoms with Crippen molar-refractivity contribution < 1.29 is 4.79 Å². The molecule has 2 N–H and O–H groups in total. The van der Waals surface area contributed by atoms with Crippen molar-refractivity contribution in [1.82, 2.24) is 10.3 Å². The SMILES string of the molecule is CCNc1ccc(C(=O)NCCc2cccc(C)c2)nc1. The van der Waals surface area contributed by atoms with Crippen LogP contribution in [0, 0.1) is 6.92 Å². The fourth-order valence-electron chi connectivity index (χ4n) is 2.12. The second kappa shape index (κ2) is 7.43. The molecule has 0 atom stereocenters. The van der Waals surface area contributed by atoms with Crippen molar-refractivity contribution in [3.8, 4) is 0 Å². The van der Waals surface area contributed by atoms with Gasteiger partial charge in [0.25, 0.3) is 5.91 Å². The number of amides is 1. The minimum atomic E-state index is -0.134. The predicted octanol–water partition coefficient (Wildman–Crippen LogP) is 2.79. The van der Waals surface area contributed by atoms with Gasteiger partial charge in [0.05, 0.1) is 11.9 Å². The number of carbonyl (C=O) groups is 1. The van der Waals surface area contributed by atoms with E-state index in [2.05, 4.69) is 40.7 Å². The number of hydrogen-bond donors (Lipinski definition) is 2. The van der Waals surface area contributed by atoms with Crippen LogP contribution in [0.1, 0.15) is 28.5 Å². The van der Waals surface area contributed by atoms with Crippen LogP contribution in [0.25, 0.3) is 0 Å². The number of rotatable bonds is 6. The molecule has 0 spiro atoms. The molecule has 2 aromatic rings. The first kappa shape index (κ1) is 15.0. The molecule has 21 heavy (non-hydrogen) atoms. The van der Waals surface area contributed by atoms with Crippen molar-refractivity contribution in [3.05, 3.63) is 59.4 Å². The molecule has 0 saturated heterocycles. The van der Waals surface area contributed by atoms with E-state index >= 15 is 0 Å². The van der Waals surface area contributed by atoms with Crippen molar-refractivity contribution in [2.45, 2.75) is 20.3 Å². The molecular weight excluding hydrogens is 262 g/mol. The molecule has 0 saturated carbocycles. The van der Waals surface area contributed by atoms with Crippen LogP contribution in [0.2, 0.25) is 0 Å². The Morgan fingerprint density at radius 3 is 2.76 bits per heavy atom. The van der Waals surface area contributed by atoms with Crippen LogP contribution in [0.3, 0.4) is 0 Å². The van der Waals surface area contributed by atoms with Gasteiger partial charge in [-0.25, -0.2) is 4.98 Å². The van der Waals surface area contributed by atoms with Gasteiger partial charge in [-0.1, -0.05) is 29.8 Å². The number of carbonyl (C=O) groups excluding carboxylic acids is 1. The van der Waals surface area contributed by atoms with Crippen molar-refractivity contribution in [2.24, 2.45) is 0 Å². The lowest BCUT2D eigenvalue weighted by molar-refractivity contribution is 0.0949. The Bertz CT molecular complexity index is 593. The van der Waals surface area contributed by atoms with Crippen molar-refractivity contribution in [1.29, 1.82) is 0 Å². The predicted molar refractivity (Wildman–Crippen MR) is 85.6 cm³/mol. The molecule has 1 aromatic carbocycles. The Hall–Kier alpha value is -2.36. The van der Waals surface area contributed by atoms with Gasteiger partial charge in [-0.3, -0.25) is 4.79 Å². The maximum absolute atomic E-state index is 12.0. The molecule has 0 aliphatic carbocycles. The second-order valence-corrected chi connectivity index (χ2v) is 4.96. The number of nitrogens with one attached hydrogen (secondary N) is 2. The molecule has 1 heterocycles. The van der Waals surface area contributed by atoms with Gasteiger partial charge in [0, 0.05) is 13.1 Å². The Morgan fingerprint density at radius 1 is 1.24 bits per heavy atom. The van der Waals surface area contributed by atoms with Crippen LogP contribution in [-0.2, 0) is 6.42 Å². The summed E-state index contributed by atoms with van der Waals surface area (Å²) in [5.74, 6) is -0.134. The average Bonchev–Trinajstić information content (AvgIpc) is 2.48. The molecule has 2 rings (SSSR count). The Kier molecular flexibility index (Phi) is 5.32. The molecule has 0 aliphatic heterocycles. The Morgan fingerprint density at radius 2 is 2.10 bits per heavy atom. The van der Waals surface area contributed by atoms with E-state index in [9.17, 15) is 4.79 Å². The van der Waals surface area contributed by atoms with Gasteiger partial charge in [0.1, 0.15) is 5.69 Å². The van der Waals surface area contributed by atoms with Crippen LogP contribution < -0.4 is 10.6 Å². The quantitative estimate of drug-likeness (QED) is 0.857. The van der Waals surface area contributed by atoms with Gasteiger partial charge in [0.2, 0.25) is 0 Å². The maximum Gasteiger partial charge on any atom is 0.269 e. The zero-order chi connectivity index (χ0) is 15.1. The first-order valence-corrected chi connectivity index (χ1v) is 7.22. The molecule has 1 aromatic heterocycles. The van der Waals surface area contributed by atoms with Gasteiger partial charge >= 0.3 is 0 Å². The molecule has 0 radical (unpaired) electrons. The summed E-state index contributed by atoms with van der Waals surface area (Å²) < 4.78 is 0. The fourth-order valence-corrected chi connectivity index (χ4v) is 2.12. The van der Waals surface area contributed by atoms with E-state index in [1.165, 1.54) is 11.1 Å². The van der Waals surface area contributed by atoms with E-state index < -0.39 is 0 Å². The highest BCUT2D eigenvalue weighted by Crippen LogP contribution is 2.06. The van der Waals surface area contributed by atoms with Crippen molar-refractivity contribution in [3.63, 3.8) is 0 Å². The number of hydrogen-bond acceptors (Lipinski definition) is 3. The molecule has 0 fully saturated rings. The van der Waals surface area contributed by atoms with E-state index in [1.54, 1.807) is 12.3 Å². The largest absolute Gasteiger partial charge is 0.384 e. The Labute approximate surface area is 125 Å². The van der Waals surface area contributed by atoms with Crippen LogP contribution >= 0.6 is 0 Å². The van der Waals surface area contributed by atoms with E-state index in [0.29, 0.717) is 12.2 Å². The third-order valence-corrected chi connectivity index (χ3v) is 3.16. The van der Waals surface area contributed by atoms with E-state index in [-0.39, 0.29) is 5.91 Å². The third kappa shape index (κ3) is 4.60. The minimum absolute atomic E-state index is 0.134. The van der Waals surface area contributed by atoms with Crippen LogP contribution in [-0.4, -0.2) is 24.0 Å². The third-order valence-electron chi connectivity index (χ3n) is 3.16. The molecule has 0 aliphatic rings. The van der Waals surface area contributed by atoms with Crippen LogP contribution in [0.5, 0.6) is 0 Å². The number of anilines is 1. The lowest BCUT2D eigenvalue weighted by Crippen LogP contribution is -2.26. The minimum Gasteiger partial charge on any atom is -0.384 e. The van der Waals surface area contributed by atoms with E-state index in [4.69, 9.17) is 0 Å². The summed E-state index contributed by atoms with van der Waals surface area (Å²) in [5.41, 5.74) is 3.83. The summed E-state index contributed by atoms with van der Waals surface area (Å²) in [6.07, 6.45) is 2.50. The number of pyridine rings is 1. The number of nitrogens with zero attached hydrogens (tertiary/aromatic N) is 1. The highest BCUT2D eigenvalue weighted by atomic mass is 16.1. The number of benzene rings is 1. The smallest absolute Gasteiger partial charge is 0.269 e. The summed E-state index contributed by atoms with van der Waals surface area (Å²) in [5, 5.41) is 6.05. The Balaban J connectivity index is 1.84. The first-order chi connectivity index (χ1) is 10.2. The van der Waals surface area contributed by atoms with Gasteiger partial charge in [-0.15, -0.1) is 0 Å². The summed E-state index contributed by atoms with van der Waals surface area (Å²) in [6, 6.07) is 11.9. The standard InChI is InChI=1S/C17H21N3O/c1-3-18-15-7-8-16(20-12-15)17(21)19-10-9-14-6-4-5-13(2)11-14/h4-8,11-12,18H,3,9-10H2,1-2H3,(H,19,21). The first-order valence-electron chi connectivity index (χ1n) is 7.22. The topological polar surface area (TPSA) is 54.0 Å². The molecule has 4 heteroatoms. The summed E-state index contributed by atoms with van der Waals surface area (Å²) in [6.45, 7) is 5.53. The normalized spacial score (nSPS) is 10.2. The molecular formula is C17H21N3O. The fraction of sp³-hybridized carbons (Fsp3) is 0.294. The summed E-state index contributed by atoms with van der Waals surface area (Å²) in [4.78, 5) is 16.1. The van der Waals surface area contributed by atoms with Gasteiger partial charge in [-0.2, -0.15) is 0 Å². The monoisotopic (exact) mass is 283 g/mol. The zero-order valence-electron chi connectivity index (χ0n) is 12.5. The number of aromatic nitrogens is 1. The summed E-state index contributed by atoms with van der Waals surface area (Å²) in [7, 11) is 0. The van der Waals surface area contributed by atoms with Crippen LogP contribution in [0.4, 0.5) is 5.69 Å². The van der Waals surface area contributed by atoms with Crippen molar-refractivity contribution in [2.75, 3.05) is 18.4 Å². The van der Waals surface area contributed by atoms with Crippen molar-refractivity contribution >= 4 is 11.6 Å². The lowest BCUT2D eigenvalue weighted by atomic mass is 10.1. The second-order valence-electron chi connectivity index (χ2n) is 4.96. The molecule has 4 nitrogen and oxygen atoms in total. The van der Waals surface area contributed by atoms with Gasteiger partial charge < -0.3 is 10.6 Å². The molecule has 110 valence electrons. The molecule has 0 unspecified atom stereocenters. The molecule has 1 amide bonds. The van der Waals surface area contributed by atoms with Gasteiger partial charge in [0.15, 0.2) is 0 Å². The van der Waals surface area contributed by atoms with Gasteiger partial charge in [-0.05, 0) is 38.0 Å². The highest BCUT2D eigenvalue weighted by Gasteiger charge is 2.06. The number of aryl methyl sites for hydroxylation is 1. The summed E-state index contributed by atoms with van der Waals surface area (Å²) >= 11 is 0. The van der Waals surface area contributed by atoms with Crippen LogP contribution in [0.15, 0.2) is 42.6 Å². The lowest BCUT2D eigenvalue weighted by Gasteiger charge is -2.07. The molecule has 0 bridgehead atoms. The highest BCUT2D eigenvalue weighted by molar-refractivity contribution is 5.92. The zero-order valence-corrected chi connectivity index (χ0v) is 12.5. The maximum atomic E-state index is 12.0. The van der Waals surface area contributed by atoms with E-state index in [0.717, 1.165) is 18.7 Å². The van der Waals surface area contributed by atoms with E-state index in [1.807, 2.05) is 19.1 Å². The average molecular weight is 283 g/mol.